The summed E-state index contributed by atoms with van der Waals surface area (Å²) in [6.45, 7) is 2.79. The second-order valence-electron chi connectivity index (χ2n) is 7.33. The maximum Gasteiger partial charge on any atom is 0.274 e. The van der Waals surface area contributed by atoms with Crippen LogP contribution < -0.4 is 19.6 Å². The zero-order chi connectivity index (χ0) is 22.1. The predicted molar refractivity (Wildman–Crippen MR) is 129 cm³/mol. The fraction of sp³-hybridized carbons (Fsp3) is 0.120. The Hall–Kier alpha value is -3.35. The van der Waals surface area contributed by atoms with Gasteiger partial charge < -0.3 is 9.47 Å². The highest BCUT2D eigenvalue weighted by molar-refractivity contribution is 7.15. The van der Waals surface area contributed by atoms with E-state index >= 15 is 0 Å². The molecule has 3 aromatic carbocycles. The van der Waals surface area contributed by atoms with Gasteiger partial charge in [-0.25, -0.2) is 9.38 Å². The number of hydrogen-bond donors (Lipinski definition) is 0. The molecule has 2 aromatic heterocycles. The molecule has 0 aliphatic heterocycles. The lowest BCUT2D eigenvalue weighted by Gasteiger charge is -2.11. The number of benzene rings is 3. The molecule has 5 rings (SSSR count). The number of imidazole rings is 1. The number of aryl methyl sites for hydroxylation is 1. The van der Waals surface area contributed by atoms with E-state index in [-0.39, 0.29) is 5.56 Å². The van der Waals surface area contributed by atoms with Gasteiger partial charge in [-0.3, -0.25) is 4.79 Å². The molecule has 0 fully saturated rings. The second-order valence-corrected chi connectivity index (χ2v) is 8.77. The molecule has 2 heterocycles. The molecule has 0 aliphatic carbocycles. The molecule has 0 bridgehead atoms. The van der Waals surface area contributed by atoms with Crippen molar-refractivity contribution in [2.75, 3.05) is 13.2 Å². The van der Waals surface area contributed by atoms with E-state index in [2.05, 4.69) is 4.98 Å². The molecule has 160 valence electrons. The zero-order valence-electron chi connectivity index (χ0n) is 17.2. The number of aromatic nitrogens is 2. The van der Waals surface area contributed by atoms with Crippen molar-refractivity contribution in [2.24, 2.45) is 0 Å². The fourth-order valence-corrected chi connectivity index (χ4v) is 4.62. The first-order valence-corrected chi connectivity index (χ1v) is 11.3. The van der Waals surface area contributed by atoms with Crippen molar-refractivity contribution in [1.29, 1.82) is 0 Å². The van der Waals surface area contributed by atoms with Crippen LogP contribution in [0.4, 0.5) is 0 Å². The van der Waals surface area contributed by atoms with E-state index in [4.69, 9.17) is 21.1 Å². The Morgan fingerprint density at radius 1 is 1.03 bits per heavy atom. The number of fused-ring (bicyclic) bond motifs is 3. The normalized spacial score (nSPS) is 12.0. The number of hydrogen-bond acceptors (Lipinski definition) is 5. The van der Waals surface area contributed by atoms with Crippen molar-refractivity contribution < 1.29 is 9.47 Å². The maximum absolute atomic E-state index is 13.1. The van der Waals surface area contributed by atoms with E-state index in [1.54, 1.807) is 28.7 Å². The third-order valence-electron chi connectivity index (χ3n) is 5.03. The Morgan fingerprint density at radius 2 is 1.81 bits per heavy atom. The number of para-hydroxylation sites is 2. The quantitative estimate of drug-likeness (QED) is 0.338. The summed E-state index contributed by atoms with van der Waals surface area (Å²) in [6, 6.07) is 20.8. The van der Waals surface area contributed by atoms with Gasteiger partial charge >= 0.3 is 0 Å². The lowest BCUT2D eigenvalue weighted by atomic mass is 10.2. The highest BCUT2D eigenvalue weighted by Gasteiger charge is 2.11. The lowest BCUT2D eigenvalue weighted by Crippen LogP contribution is -2.22. The molecule has 5 aromatic rings. The summed E-state index contributed by atoms with van der Waals surface area (Å²) in [4.78, 5) is 18.3. The molecule has 0 radical (unpaired) electrons. The Bertz CT molecular complexity index is 1520. The van der Waals surface area contributed by atoms with Crippen LogP contribution in [0.25, 0.3) is 22.1 Å². The van der Waals surface area contributed by atoms with Crippen molar-refractivity contribution in [1.82, 2.24) is 9.38 Å². The summed E-state index contributed by atoms with van der Waals surface area (Å²) >= 11 is 7.57. The van der Waals surface area contributed by atoms with Crippen LogP contribution in [-0.4, -0.2) is 22.6 Å². The summed E-state index contributed by atoms with van der Waals surface area (Å²) in [7, 11) is 0. The molecule has 0 atom stereocenters. The molecule has 0 spiro atoms. The summed E-state index contributed by atoms with van der Waals surface area (Å²) in [5, 5.41) is 0.568. The Morgan fingerprint density at radius 3 is 2.66 bits per heavy atom. The van der Waals surface area contributed by atoms with Crippen molar-refractivity contribution in [3.05, 3.63) is 97.8 Å². The van der Waals surface area contributed by atoms with Gasteiger partial charge in [-0.1, -0.05) is 52.8 Å². The third kappa shape index (κ3) is 4.07. The van der Waals surface area contributed by atoms with Crippen LogP contribution in [0, 0.1) is 6.92 Å². The van der Waals surface area contributed by atoms with Gasteiger partial charge in [0, 0.05) is 10.6 Å². The summed E-state index contributed by atoms with van der Waals surface area (Å²) < 4.78 is 13.9. The molecular weight excluding hydrogens is 444 g/mol. The van der Waals surface area contributed by atoms with Crippen molar-refractivity contribution in [2.45, 2.75) is 6.92 Å². The minimum Gasteiger partial charge on any atom is -0.490 e. The largest absolute Gasteiger partial charge is 0.490 e. The molecule has 0 aliphatic rings. The van der Waals surface area contributed by atoms with Gasteiger partial charge in [0.15, 0.2) is 4.96 Å². The monoisotopic (exact) mass is 462 g/mol. The molecular formula is C25H19ClN2O3S. The Kier molecular flexibility index (Phi) is 5.55. The van der Waals surface area contributed by atoms with Crippen LogP contribution in [0.5, 0.6) is 11.5 Å². The number of thiazole rings is 1. The second kappa shape index (κ2) is 8.65. The third-order valence-corrected chi connectivity index (χ3v) is 6.24. The van der Waals surface area contributed by atoms with Gasteiger partial charge in [-0.15, -0.1) is 0 Å². The van der Waals surface area contributed by atoms with Crippen molar-refractivity contribution in [3.8, 4) is 11.5 Å². The highest BCUT2D eigenvalue weighted by Crippen LogP contribution is 2.24. The van der Waals surface area contributed by atoms with E-state index in [0.29, 0.717) is 33.5 Å². The number of nitrogens with zero attached hydrogens (tertiary/aromatic N) is 2. The average molecular weight is 463 g/mol. The molecule has 0 N–H and O–H groups in total. The maximum atomic E-state index is 13.1. The van der Waals surface area contributed by atoms with Crippen LogP contribution in [0.3, 0.4) is 0 Å². The predicted octanol–water partition coefficient (Wildman–Crippen LogP) is 4.88. The van der Waals surface area contributed by atoms with Gasteiger partial charge in [0.05, 0.1) is 15.6 Å². The molecule has 5 nitrogen and oxygen atoms in total. The van der Waals surface area contributed by atoms with Gasteiger partial charge in [0.25, 0.3) is 5.56 Å². The van der Waals surface area contributed by atoms with Crippen LogP contribution in [0.2, 0.25) is 5.02 Å². The van der Waals surface area contributed by atoms with Crippen LogP contribution in [-0.2, 0) is 0 Å². The molecule has 7 heteroatoms. The molecule has 0 amide bonds. The smallest absolute Gasteiger partial charge is 0.274 e. The van der Waals surface area contributed by atoms with Crippen LogP contribution in [0.15, 0.2) is 71.5 Å². The zero-order valence-corrected chi connectivity index (χ0v) is 18.8. The topological polar surface area (TPSA) is 52.8 Å². The lowest BCUT2D eigenvalue weighted by molar-refractivity contribution is 0.217. The van der Waals surface area contributed by atoms with E-state index in [0.717, 1.165) is 22.3 Å². The van der Waals surface area contributed by atoms with E-state index in [1.807, 2.05) is 55.5 Å². The fourth-order valence-electron chi connectivity index (χ4n) is 3.46. The summed E-state index contributed by atoms with van der Waals surface area (Å²) in [5.74, 6) is 1.43. The van der Waals surface area contributed by atoms with Crippen molar-refractivity contribution >= 4 is 45.0 Å². The van der Waals surface area contributed by atoms with E-state index in [9.17, 15) is 4.79 Å². The average Bonchev–Trinajstić information content (AvgIpc) is 3.30. The molecule has 32 heavy (non-hydrogen) atoms. The SMILES string of the molecule is Cc1ccc(OCCOc2ccc(Cl)cc2/C=c2\sc3nc4ccccc4n3c2=O)cc1. The Labute approximate surface area is 193 Å². The first-order valence-electron chi connectivity index (χ1n) is 10.1. The van der Waals surface area contributed by atoms with E-state index < -0.39 is 0 Å². The minimum atomic E-state index is -0.104. The number of ether oxygens (including phenoxy) is 2. The highest BCUT2D eigenvalue weighted by atomic mass is 35.5. The number of rotatable bonds is 6. The van der Waals surface area contributed by atoms with Gasteiger partial charge in [0.1, 0.15) is 24.7 Å². The molecule has 0 saturated carbocycles. The molecule has 0 unspecified atom stereocenters. The van der Waals surface area contributed by atoms with E-state index in [1.165, 1.54) is 16.9 Å². The standard InChI is InChI=1S/C25H19ClN2O3S/c1-16-6-9-19(10-7-16)30-12-13-31-22-11-8-18(26)14-17(22)15-23-24(29)28-21-5-3-2-4-20(21)27-25(28)32-23/h2-11,14-15H,12-13H2,1H3/b23-15-. The first kappa shape index (κ1) is 20.5. The molecule has 0 saturated heterocycles. The number of halogens is 1. The first-order chi connectivity index (χ1) is 15.6. The Balaban J connectivity index is 1.41. The van der Waals surface area contributed by atoms with Crippen LogP contribution >= 0.6 is 22.9 Å². The summed E-state index contributed by atoms with van der Waals surface area (Å²) in [5.41, 5.74) is 3.43. The van der Waals surface area contributed by atoms with Gasteiger partial charge in [-0.2, -0.15) is 0 Å². The van der Waals surface area contributed by atoms with Gasteiger partial charge in [0.2, 0.25) is 0 Å². The minimum absolute atomic E-state index is 0.104. The van der Waals surface area contributed by atoms with Gasteiger partial charge in [-0.05, 0) is 55.5 Å². The summed E-state index contributed by atoms with van der Waals surface area (Å²) in [6.07, 6.45) is 1.80. The van der Waals surface area contributed by atoms with Crippen molar-refractivity contribution in [3.63, 3.8) is 0 Å². The van der Waals surface area contributed by atoms with Crippen LogP contribution in [0.1, 0.15) is 11.1 Å².